The molecule has 13 heavy (non-hydrogen) atoms. The minimum Gasteiger partial charge on any atom is -0.235 e. The fraction of sp³-hybridized carbons (Fsp3) is 0.222. The maximum Gasteiger partial charge on any atom is 0.153 e. The predicted molar refractivity (Wildman–Crippen MR) is 56.0 cm³/mol. The van der Waals surface area contributed by atoms with Crippen LogP contribution in [0.2, 0.25) is 0 Å². The number of thioether (sulfide) groups is 1. The quantitative estimate of drug-likeness (QED) is 0.705. The standard InChI is InChI=1S/C9H8FNS2/c1-6(10)12-9-11-7-4-2-3-5-8(7)13-9/h2-6H,1H3/t6-/m1/s1. The molecule has 1 aromatic heterocycles. The van der Waals surface area contributed by atoms with Crippen molar-refractivity contribution in [1.82, 2.24) is 4.98 Å². The molecule has 0 amide bonds. The van der Waals surface area contributed by atoms with Crippen LogP contribution in [0.4, 0.5) is 4.39 Å². The van der Waals surface area contributed by atoms with Crippen molar-refractivity contribution in [3.8, 4) is 0 Å². The Hall–Kier alpha value is -0.610. The number of halogens is 1. The molecular weight excluding hydrogens is 205 g/mol. The van der Waals surface area contributed by atoms with Crippen molar-refractivity contribution in [1.29, 1.82) is 0 Å². The van der Waals surface area contributed by atoms with Crippen LogP contribution in [0.15, 0.2) is 28.6 Å². The van der Waals surface area contributed by atoms with Gasteiger partial charge >= 0.3 is 0 Å². The molecule has 0 spiro atoms. The summed E-state index contributed by atoms with van der Waals surface area (Å²) in [6.45, 7) is 1.52. The number of hydrogen-bond acceptors (Lipinski definition) is 3. The van der Waals surface area contributed by atoms with Gasteiger partial charge in [0.05, 0.1) is 10.2 Å². The van der Waals surface area contributed by atoms with Crippen LogP contribution in [0.5, 0.6) is 0 Å². The summed E-state index contributed by atoms with van der Waals surface area (Å²) in [5.74, 6) is 0. The maximum absolute atomic E-state index is 12.6. The van der Waals surface area contributed by atoms with Gasteiger partial charge in [-0.3, -0.25) is 0 Å². The van der Waals surface area contributed by atoms with Crippen molar-refractivity contribution in [3.63, 3.8) is 0 Å². The number of benzene rings is 1. The molecule has 0 radical (unpaired) electrons. The van der Waals surface area contributed by atoms with Crippen molar-refractivity contribution in [2.45, 2.75) is 16.8 Å². The molecular formula is C9H8FNS2. The molecule has 2 rings (SSSR count). The van der Waals surface area contributed by atoms with E-state index in [1.807, 2.05) is 24.3 Å². The van der Waals surface area contributed by atoms with Gasteiger partial charge in [-0.15, -0.1) is 11.3 Å². The van der Waals surface area contributed by atoms with Crippen LogP contribution in [0, 0.1) is 0 Å². The first-order chi connectivity index (χ1) is 6.25. The first kappa shape index (κ1) is 8.97. The third kappa shape index (κ3) is 2.00. The summed E-state index contributed by atoms with van der Waals surface area (Å²) in [5.41, 5.74) is 0.0659. The third-order valence-corrected chi connectivity index (χ3v) is 3.52. The zero-order chi connectivity index (χ0) is 9.26. The van der Waals surface area contributed by atoms with Gasteiger partial charge in [-0.2, -0.15) is 0 Å². The van der Waals surface area contributed by atoms with Crippen LogP contribution in [-0.2, 0) is 0 Å². The van der Waals surface area contributed by atoms with E-state index in [0.29, 0.717) is 0 Å². The molecule has 68 valence electrons. The summed E-state index contributed by atoms with van der Waals surface area (Å²) in [6.07, 6.45) is 0. The Kier molecular flexibility index (Phi) is 2.51. The lowest BCUT2D eigenvalue weighted by molar-refractivity contribution is 0.483. The van der Waals surface area contributed by atoms with Crippen LogP contribution in [-0.4, -0.2) is 10.5 Å². The van der Waals surface area contributed by atoms with Crippen LogP contribution < -0.4 is 0 Å². The lowest BCUT2D eigenvalue weighted by Crippen LogP contribution is -1.81. The highest BCUT2D eigenvalue weighted by Gasteiger charge is 2.06. The molecule has 0 saturated carbocycles. The minimum atomic E-state index is -0.888. The molecule has 4 heteroatoms. The van der Waals surface area contributed by atoms with E-state index in [4.69, 9.17) is 0 Å². The van der Waals surface area contributed by atoms with E-state index in [2.05, 4.69) is 4.98 Å². The minimum absolute atomic E-state index is 0.802. The Morgan fingerprint density at radius 2 is 2.23 bits per heavy atom. The van der Waals surface area contributed by atoms with Crippen LogP contribution >= 0.6 is 23.1 Å². The molecule has 1 heterocycles. The monoisotopic (exact) mass is 213 g/mol. The van der Waals surface area contributed by atoms with Crippen molar-refractivity contribution in [2.24, 2.45) is 0 Å². The predicted octanol–water partition coefficient (Wildman–Crippen LogP) is 3.70. The lowest BCUT2D eigenvalue weighted by atomic mass is 10.3. The SMILES string of the molecule is C[C@H](F)Sc1nc2ccccc2s1. The number of rotatable bonds is 2. The highest BCUT2D eigenvalue weighted by molar-refractivity contribution is 8.01. The second-order valence-corrected chi connectivity index (χ2v) is 5.17. The van der Waals surface area contributed by atoms with Crippen molar-refractivity contribution in [3.05, 3.63) is 24.3 Å². The van der Waals surface area contributed by atoms with Crippen molar-refractivity contribution >= 4 is 33.3 Å². The van der Waals surface area contributed by atoms with Gasteiger partial charge in [0, 0.05) is 0 Å². The van der Waals surface area contributed by atoms with Crippen LogP contribution in [0.25, 0.3) is 10.2 Å². The second kappa shape index (κ2) is 3.64. The first-order valence-corrected chi connectivity index (χ1v) is 5.61. The topological polar surface area (TPSA) is 12.9 Å². The number of hydrogen-bond donors (Lipinski definition) is 0. The molecule has 0 aliphatic carbocycles. The Labute approximate surface area is 84.0 Å². The van der Waals surface area contributed by atoms with Crippen LogP contribution in [0.1, 0.15) is 6.92 Å². The van der Waals surface area contributed by atoms with Crippen molar-refractivity contribution < 1.29 is 4.39 Å². The van der Waals surface area contributed by atoms with E-state index in [0.717, 1.165) is 26.3 Å². The van der Waals surface area contributed by atoms with E-state index in [1.54, 1.807) is 0 Å². The zero-order valence-electron chi connectivity index (χ0n) is 7.03. The Balaban J connectivity index is 2.38. The van der Waals surface area contributed by atoms with Gasteiger partial charge in [-0.05, 0) is 19.1 Å². The van der Waals surface area contributed by atoms with Gasteiger partial charge in [0.15, 0.2) is 4.34 Å². The number of fused-ring (bicyclic) bond motifs is 1. The summed E-state index contributed by atoms with van der Waals surface area (Å²) >= 11 is 2.70. The van der Waals surface area contributed by atoms with Gasteiger partial charge < -0.3 is 0 Å². The van der Waals surface area contributed by atoms with E-state index in [9.17, 15) is 4.39 Å². The van der Waals surface area contributed by atoms with E-state index >= 15 is 0 Å². The maximum atomic E-state index is 12.6. The van der Waals surface area contributed by atoms with Gasteiger partial charge in [-0.25, -0.2) is 9.37 Å². The number of alkyl halides is 1. The average molecular weight is 213 g/mol. The number of thiazole rings is 1. The summed E-state index contributed by atoms with van der Waals surface area (Å²) in [4.78, 5) is 4.29. The Morgan fingerprint density at radius 1 is 1.46 bits per heavy atom. The van der Waals surface area contributed by atoms with E-state index in [-0.39, 0.29) is 0 Å². The number of aromatic nitrogens is 1. The Bertz CT molecular complexity index is 378. The largest absolute Gasteiger partial charge is 0.235 e. The molecule has 0 saturated heterocycles. The Morgan fingerprint density at radius 3 is 2.92 bits per heavy atom. The first-order valence-electron chi connectivity index (χ1n) is 3.92. The van der Waals surface area contributed by atoms with Crippen molar-refractivity contribution in [2.75, 3.05) is 0 Å². The molecule has 0 unspecified atom stereocenters. The smallest absolute Gasteiger partial charge is 0.153 e. The second-order valence-electron chi connectivity index (χ2n) is 2.61. The molecule has 1 atom stereocenters. The zero-order valence-corrected chi connectivity index (χ0v) is 8.66. The summed E-state index contributed by atoms with van der Waals surface area (Å²) in [6, 6.07) is 7.85. The molecule has 0 aliphatic heterocycles. The summed E-state index contributed by atoms with van der Waals surface area (Å²) in [5, 5.41) is 0. The number of para-hydroxylation sites is 1. The fourth-order valence-electron chi connectivity index (χ4n) is 1.04. The van der Waals surface area contributed by atoms with Crippen LogP contribution in [0.3, 0.4) is 0 Å². The molecule has 1 nitrogen and oxygen atoms in total. The molecule has 1 aromatic carbocycles. The number of nitrogens with zero attached hydrogens (tertiary/aromatic N) is 1. The fourth-order valence-corrected chi connectivity index (χ4v) is 3.03. The van der Waals surface area contributed by atoms with E-state index < -0.39 is 5.50 Å². The van der Waals surface area contributed by atoms with Gasteiger partial charge in [0.25, 0.3) is 0 Å². The summed E-state index contributed by atoms with van der Waals surface area (Å²) < 4.78 is 14.6. The normalized spacial score (nSPS) is 13.4. The molecule has 0 fully saturated rings. The molecule has 0 bridgehead atoms. The molecule has 2 aromatic rings. The average Bonchev–Trinajstić information content (AvgIpc) is 2.44. The highest BCUT2D eigenvalue weighted by Crippen LogP contribution is 2.31. The molecule has 0 N–H and O–H groups in total. The third-order valence-electron chi connectivity index (χ3n) is 1.54. The van der Waals surface area contributed by atoms with Gasteiger partial charge in [0.1, 0.15) is 5.50 Å². The lowest BCUT2D eigenvalue weighted by Gasteiger charge is -1.93. The highest BCUT2D eigenvalue weighted by atomic mass is 32.2. The van der Waals surface area contributed by atoms with E-state index in [1.165, 1.54) is 18.3 Å². The van der Waals surface area contributed by atoms with Gasteiger partial charge in [-0.1, -0.05) is 23.9 Å². The molecule has 0 aliphatic rings. The summed E-state index contributed by atoms with van der Waals surface area (Å²) in [7, 11) is 0. The van der Waals surface area contributed by atoms with Gasteiger partial charge in [0.2, 0.25) is 0 Å².